The summed E-state index contributed by atoms with van der Waals surface area (Å²) >= 11 is 5.78. The van der Waals surface area contributed by atoms with Crippen LogP contribution in [0.25, 0.3) is 17.5 Å². The fourth-order valence-corrected chi connectivity index (χ4v) is 1.46. The zero-order valence-electron chi connectivity index (χ0n) is 8.72. The highest BCUT2D eigenvalue weighted by molar-refractivity contribution is 6.30. The van der Waals surface area contributed by atoms with E-state index >= 15 is 0 Å². The van der Waals surface area contributed by atoms with Gasteiger partial charge in [-0.25, -0.2) is 9.78 Å². The highest BCUT2D eigenvalue weighted by Crippen LogP contribution is 2.18. The van der Waals surface area contributed by atoms with Gasteiger partial charge in [-0.15, -0.1) is 0 Å². The number of hydrogen-bond donors (Lipinski definition) is 2. The van der Waals surface area contributed by atoms with Crippen molar-refractivity contribution in [1.29, 1.82) is 0 Å². The van der Waals surface area contributed by atoms with Gasteiger partial charge in [0, 0.05) is 16.7 Å². The number of aliphatic carboxylic acids is 1. The second kappa shape index (κ2) is 4.84. The molecular weight excluding hydrogens is 240 g/mol. The summed E-state index contributed by atoms with van der Waals surface area (Å²) in [6.45, 7) is 0. The Kier molecular flexibility index (Phi) is 3.25. The minimum atomic E-state index is -0.993. The fourth-order valence-electron chi connectivity index (χ4n) is 1.34. The molecule has 0 atom stereocenters. The third-order valence-electron chi connectivity index (χ3n) is 2.12. The summed E-state index contributed by atoms with van der Waals surface area (Å²) in [5, 5.41) is 9.15. The van der Waals surface area contributed by atoms with Crippen LogP contribution >= 0.6 is 11.6 Å². The van der Waals surface area contributed by atoms with Crippen molar-refractivity contribution in [3.63, 3.8) is 0 Å². The maximum Gasteiger partial charge on any atom is 0.328 e. The van der Waals surface area contributed by atoms with Gasteiger partial charge in [-0.2, -0.15) is 0 Å². The average molecular weight is 249 g/mol. The van der Waals surface area contributed by atoms with Gasteiger partial charge in [0.05, 0.1) is 11.9 Å². The molecule has 2 aromatic rings. The molecule has 1 aromatic carbocycles. The van der Waals surface area contributed by atoms with E-state index in [2.05, 4.69) is 9.97 Å². The minimum Gasteiger partial charge on any atom is -0.478 e. The summed E-state index contributed by atoms with van der Waals surface area (Å²) < 4.78 is 0. The lowest BCUT2D eigenvalue weighted by atomic mass is 10.2. The number of imidazole rings is 1. The summed E-state index contributed by atoms with van der Waals surface area (Å²) in [5.41, 5.74) is 1.53. The van der Waals surface area contributed by atoms with Crippen LogP contribution in [-0.2, 0) is 4.79 Å². The summed E-state index contributed by atoms with van der Waals surface area (Å²) in [4.78, 5) is 17.5. The van der Waals surface area contributed by atoms with E-state index in [1.807, 2.05) is 12.1 Å². The Balaban J connectivity index is 2.23. The van der Waals surface area contributed by atoms with Gasteiger partial charge in [0.1, 0.15) is 5.82 Å². The van der Waals surface area contributed by atoms with E-state index in [1.54, 1.807) is 18.3 Å². The summed E-state index contributed by atoms with van der Waals surface area (Å²) in [6, 6.07) is 7.22. The first-order valence-corrected chi connectivity index (χ1v) is 5.25. The molecule has 0 saturated carbocycles. The summed E-state index contributed by atoms with van der Waals surface area (Å²) in [5.74, 6) is -0.320. The van der Waals surface area contributed by atoms with Crippen molar-refractivity contribution in [3.05, 3.63) is 47.3 Å². The predicted molar refractivity (Wildman–Crippen MR) is 65.7 cm³/mol. The molecule has 0 aliphatic heterocycles. The Morgan fingerprint density at radius 2 is 2.06 bits per heavy atom. The average Bonchev–Trinajstić information content (AvgIpc) is 2.76. The molecule has 1 aromatic heterocycles. The molecule has 0 saturated heterocycles. The van der Waals surface area contributed by atoms with Crippen molar-refractivity contribution < 1.29 is 9.90 Å². The van der Waals surface area contributed by atoms with Crippen molar-refractivity contribution in [2.24, 2.45) is 0 Å². The number of aromatic amines is 1. The van der Waals surface area contributed by atoms with Gasteiger partial charge in [0.2, 0.25) is 0 Å². The number of hydrogen-bond acceptors (Lipinski definition) is 2. The van der Waals surface area contributed by atoms with Crippen molar-refractivity contribution in [1.82, 2.24) is 9.97 Å². The van der Waals surface area contributed by atoms with Crippen LogP contribution in [0.3, 0.4) is 0 Å². The molecule has 5 heteroatoms. The summed E-state index contributed by atoms with van der Waals surface area (Å²) in [6.07, 6.45) is 4.08. The Bertz CT molecular complexity index is 558. The van der Waals surface area contributed by atoms with Crippen LogP contribution in [0.5, 0.6) is 0 Å². The van der Waals surface area contributed by atoms with E-state index in [1.165, 1.54) is 6.08 Å². The predicted octanol–water partition coefficient (Wildman–Crippen LogP) is 2.83. The standard InChI is InChI=1S/C12H9ClN2O2/c13-9-3-1-8(2-4-9)12-14-7-10(15-12)5-6-11(16)17/h1-7H,(H,14,15)(H,16,17)/b6-5+. The number of nitrogens with one attached hydrogen (secondary N) is 1. The monoisotopic (exact) mass is 248 g/mol. The molecule has 0 unspecified atom stereocenters. The number of rotatable bonds is 3. The van der Waals surface area contributed by atoms with Crippen LogP contribution in [0.15, 0.2) is 36.5 Å². The second-order valence-electron chi connectivity index (χ2n) is 3.37. The van der Waals surface area contributed by atoms with Crippen molar-refractivity contribution >= 4 is 23.6 Å². The first-order chi connectivity index (χ1) is 8.15. The normalized spacial score (nSPS) is 10.9. The van der Waals surface area contributed by atoms with Crippen LogP contribution in [-0.4, -0.2) is 21.0 Å². The SMILES string of the molecule is O=C(O)/C=C/c1cnc(-c2ccc(Cl)cc2)[nH]1. The van der Waals surface area contributed by atoms with Crippen LogP contribution in [0.2, 0.25) is 5.02 Å². The zero-order chi connectivity index (χ0) is 12.3. The Labute approximate surface area is 103 Å². The molecule has 2 rings (SSSR count). The highest BCUT2D eigenvalue weighted by atomic mass is 35.5. The van der Waals surface area contributed by atoms with Gasteiger partial charge < -0.3 is 10.1 Å². The van der Waals surface area contributed by atoms with E-state index in [9.17, 15) is 4.79 Å². The molecule has 0 aliphatic carbocycles. The van der Waals surface area contributed by atoms with Gasteiger partial charge in [-0.3, -0.25) is 0 Å². The smallest absolute Gasteiger partial charge is 0.328 e. The van der Waals surface area contributed by atoms with Crippen molar-refractivity contribution in [2.45, 2.75) is 0 Å². The maximum atomic E-state index is 10.4. The molecule has 2 N–H and O–H groups in total. The number of nitrogens with zero attached hydrogens (tertiary/aromatic N) is 1. The molecule has 0 bridgehead atoms. The van der Waals surface area contributed by atoms with Gasteiger partial charge >= 0.3 is 5.97 Å². The van der Waals surface area contributed by atoms with Crippen molar-refractivity contribution in [2.75, 3.05) is 0 Å². The molecular formula is C12H9ClN2O2. The molecule has 0 radical (unpaired) electrons. The number of carbonyl (C=O) groups is 1. The molecule has 86 valence electrons. The third kappa shape index (κ3) is 2.95. The number of H-pyrrole nitrogens is 1. The second-order valence-corrected chi connectivity index (χ2v) is 3.80. The number of carboxylic acid groups (broad SMARTS) is 1. The fraction of sp³-hybridized carbons (Fsp3) is 0. The van der Waals surface area contributed by atoms with E-state index in [0.29, 0.717) is 16.5 Å². The van der Waals surface area contributed by atoms with Gasteiger partial charge in [-0.1, -0.05) is 11.6 Å². The van der Waals surface area contributed by atoms with E-state index in [-0.39, 0.29) is 0 Å². The summed E-state index contributed by atoms with van der Waals surface area (Å²) in [7, 11) is 0. The number of carboxylic acids is 1. The van der Waals surface area contributed by atoms with Crippen LogP contribution in [0, 0.1) is 0 Å². The lowest BCUT2D eigenvalue weighted by Gasteiger charge is -1.95. The van der Waals surface area contributed by atoms with Gasteiger partial charge in [0.15, 0.2) is 0 Å². The van der Waals surface area contributed by atoms with Gasteiger partial charge in [-0.05, 0) is 30.3 Å². The third-order valence-corrected chi connectivity index (χ3v) is 2.37. The van der Waals surface area contributed by atoms with Crippen molar-refractivity contribution in [3.8, 4) is 11.4 Å². The Morgan fingerprint density at radius 3 is 2.71 bits per heavy atom. The van der Waals surface area contributed by atoms with Crippen LogP contribution in [0.1, 0.15) is 5.69 Å². The highest BCUT2D eigenvalue weighted by Gasteiger charge is 2.01. The van der Waals surface area contributed by atoms with E-state index in [0.717, 1.165) is 11.6 Å². The van der Waals surface area contributed by atoms with Gasteiger partial charge in [0.25, 0.3) is 0 Å². The zero-order valence-corrected chi connectivity index (χ0v) is 9.48. The number of aromatic nitrogens is 2. The lowest BCUT2D eigenvalue weighted by molar-refractivity contribution is -0.131. The molecule has 0 fully saturated rings. The molecule has 0 aliphatic rings. The number of benzene rings is 1. The Morgan fingerprint density at radius 1 is 1.35 bits per heavy atom. The lowest BCUT2D eigenvalue weighted by Crippen LogP contribution is -1.85. The molecule has 17 heavy (non-hydrogen) atoms. The van der Waals surface area contributed by atoms with E-state index < -0.39 is 5.97 Å². The first-order valence-electron chi connectivity index (χ1n) is 4.87. The largest absolute Gasteiger partial charge is 0.478 e. The number of halogens is 1. The topological polar surface area (TPSA) is 66.0 Å². The maximum absolute atomic E-state index is 10.4. The van der Waals surface area contributed by atoms with Crippen LogP contribution in [0.4, 0.5) is 0 Å². The molecule has 4 nitrogen and oxygen atoms in total. The van der Waals surface area contributed by atoms with E-state index in [4.69, 9.17) is 16.7 Å². The molecule has 0 spiro atoms. The quantitative estimate of drug-likeness (QED) is 0.821. The van der Waals surface area contributed by atoms with Crippen LogP contribution < -0.4 is 0 Å². The minimum absolute atomic E-state index is 0.636. The Hall–Kier alpha value is -2.07. The molecule has 1 heterocycles. The molecule has 0 amide bonds. The first kappa shape index (κ1) is 11.4.